The number of hydrogen-bond donors (Lipinski definition) is 2. The largest absolute Gasteiger partial charge is 0.395 e. The van der Waals surface area contributed by atoms with Gasteiger partial charge in [0.05, 0.1) is 6.61 Å². The van der Waals surface area contributed by atoms with Crippen LogP contribution in [0.25, 0.3) is 0 Å². The Morgan fingerprint density at radius 3 is 2.31 bits per heavy atom. The van der Waals surface area contributed by atoms with Crippen LogP contribution in [0.1, 0.15) is 28.4 Å². The number of rotatable bonds is 9. The quantitative estimate of drug-likeness (QED) is 0.277. The van der Waals surface area contributed by atoms with Gasteiger partial charge in [-0.3, -0.25) is 4.90 Å². The van der Waals surface area contributed by atoms with Gasteiger partial charge >= 0.3 is 10.1 Å². The summed E-state index contributed by atoms with van der Waals surface area (Å²) in [5.74, 6) is 0.123. The molecule has 0 aliphatic carbocycles. The van der Waals surface area contributed by atoms with Crippen LogP contribution in [0.3, 0.4) is 0 Å². The molecule has 0 saturated heterocycles. The summed E-state index contributed by atoms with van der Waals surface area (Å²) in [7, 11) is -2.10. The van der Waals surface area contributed by atoms with Gasteiger partial charge < -0.3 is 14.4 Å². The van der Waals surface area contributed by atoms with E-state index in [2.05, 4.69) is 15.9 Å². The Balaban J connectivity index is 0.00000154. The number of aliphatic hydroxyl groups excluding tert-OH is 2. The Hall–Kier alpha value is -1.82. The second-order valence-corrected chi connectivity index (χ2v) is 11.3. The summed E-state index contributed by atoms with van der Waals surface area (Å²) in [5.41, 5.74) is 3.04. The lowest BCUT2D eigenvalue weighted by Crippen LogP contribution is -2.22. The SMILES string of the molecule is CSC.Cc1ccc(S(=O)(=O)Oc2cccc(C(O)c3ccc(Br)cc3CN(C)CCO)c2)cc1.[B]. The van der Waals surface area contributed by atoms with Gasteiger partial charge in [-0.1, -0.05) is 51.8 Å². The molecule has 1 atom stereocenters. The first-order valence-corrected chi connectivity index (χ1v) is 14.7. The second-order valence-electron chi connectivity index (χ2n) is 8.04. The van der Waals surface area contributed by atoms with Crippen LogP contribution in [0.4, 0.5) is 0 Å². The molecule has 3 aromatic carbocycles. The zero-order valence-electron chi connectivity index (χ0n) is 20.9. The van der Waals surface area contributed by atoms with E-state index >= 15 is 0 Å². The van der Waals surface area contributed by atoms with Gasteiger partial charge in [-0.25, -0.2) is 0 Å². The van der Waals surface area contributed by atoms with E-state index in [1.165, 1.54) is 18.2 Å². The van der Waals surface area contributed by atoms with E-state index in [4.69, 9.17) is 4.18 Å². The highest BCUT2D eigenvalue weighted by atomic mass is 79.9. The minimum Gasteiger partial charge on any atom is -0.395 e. The van der Waals surface area contributed by atoms with E-state index in [9.17, 15) is 18.6 Å². The summed E-state index contributed by atoms with van der Waals surface area (Å²) in [4.78, 5) is 2.02. The first-order chi connectivity index (χ1) is 16.6. The summed E-state index contributed by atoms with van der Waals surface area (Å²) in [5, 5.41) is 20.3. The van der Waals surface area contributed by atoms with Gasteiger partial charge in [0, 0.05) is 26.0 Å². The minimum atomic E-state index is -3.99. The molecule has 3 radical (unpaired) electrons. The van der Waals surface area contributed by atoms with Crippen LogP contribution < -0.4 is 4.18 Å². The minimum absolute atomic E-state index is 0. The number of aryl methyl sites for hydroxylation is 1. The van der Waals surface area contributed by atoms with E-state index < -0.39 is 16.2 Å². The molecule has 0 heterocycles. The maximum absolute atomic E-state index is 12.6. The van der Waals surface area contributed by atoms with Crippen molar-refractivity contribution in [2.24, 2.45) is 0 Å². The van der Waals surface area contributed by atoms with Gasteiger partial charge in [-0.15, -0.1) is 0 Å². The second kappa shape index (κ2) is 15.4. The Kier molecular flexibility index (Phi) is 13.8. The van der Waals surface area contributed by atoms with Gasteiger partial charge in [0.2, 0.25) is 0 Å². The number of benzene rings is 3. The fourth-order valence-electron chi connectivity index (χ4n) is 3.31. The molecule has 0 saturated carbocycles. The highest BCUT2D eigenvalue weighted by Crippen LogP contribution is 2.30. The molecule has 0 bridgehead atoms. The number of thioether (sulfide) groups is 1. The average Bonchev–Trinajstić information content (AvgIpc) is 2.80. The molecule has 36 heavy (non-hydrogen) atoms. The van der Waals surface area contributed by atoms with E-state index in [0.29, 0.717) is 24.2 Å². The van der Waals surface area contributed by atoms with Crippen molar-refractivity contribution >= 4 is 46.2 Å². The summed E-state index contributed by atoms with van der Waals surface area (Å²) < 4.78 is 31.4. The molecule has 193 valence electrons. The molecule has 0 fully saturated rings. The van der Waals surface area contributed by atoms with Crippen LogP contribution in [0.15, 0.2) is 76.1 Å². The van der Waals surface area contributed by atoms with Crippen LogP contribution in [0.2, 0.25) is 0 Å². The summed E-state index contributed by atoms with van der Waals surface area (Å²) in [6, 6.07) is 18.4. The number of nitrogens with zero attached hydrogens (tertiary/aromatic N) is 1. The van der Waals surface area contributed by atoms with Crippen LogP contribution in [-0.4, -0.2) is 64.7 Å². The van der Waals surface area contributed by atoms with Gasteiger partial charge in [0.15, 0.2) is 0 Å². The fourth-order valence-corrected chi connectivity index (χ4v) is 4.65. The average molecular weight is 593 g/mol. The van der Waals surface area contributed by atoms with Crippen LogP contribution in [-0.2, 0) is 16.7 Å². The molecule has 3 aromatic rings. The van der Waals surface area contributed by atoms with E-state index in [1.54, 1.807) is 42.1 Å². The zero-order valence-corrected chi connectivity index (χ0v) is 24.1. The van der Waals surface area contributed by atoms with Crippen LogP contribution in [0, 0.1) is 6.92 Å². The number of aliphatic hydroxyl groups is 2. The molecule has 10 heteroatoms. The van der Waals surface area contributed by atoms with Crippen molar-refractivity contribution in [2.75, 3.05) is 32.7 Å². The summed E-state index contributed by atoms with van der Waals surface area (Å²) >= 11 is 5.22. The Morgan fingerprint density at radius 2 is 1.69 bits per heavy atom. The van der Waals surface area contributed by atoms with Crippen molar-refractivity contribution in [1.29, 1.82) is 0 Å². The number of likely N-dealkylation sites (N-methyl/N-ethyl adjacent to an activating group) is 1. The van der Waals surface area contributed by atoms with Gasteiger partial charge in [-0.05, 0) is 79.6 Å². The number of halogens is 1. The van der Waals surface area contributed by atoms with E-state index in [-0.39, 0.29) is 25.7 Å². The molecule has 0 aromatic heterocycles. The summed E-state index contributed by atoms with van der Waals surface area (Å²) in [6.07, 6.45) is 3.10. The third kappa shape index (κ3) is 9.57. The molecule has 0 spiro atoms. The maximum atomic E-state index is 12.6. The molecule has 1 unspecified atom stereocenters. The molecule has 6 nitrogen and oxygen atoms in total. The van der Waals surface area contributed by atoms with Crippen molar-refractivity contribution in [1.82, 2.24) is 4.90 Å². The van der Waals surface area contributed by atoms with E-state index in [0.717, 1.165) is 15.6 Å². The predicted octanol–water partition coefficient (Wildman–Crippen LogP) is 4.63. The Bertz CT molecular complexity index is 1190. The lowest BCUT2D eigenvalue weighted by atomic mass is 9.96. The number of hydrogen-bond acceptors (Lipinski definition) is 7. The third-order valence-corrected chi connectivity index (χ3v) is 6.77. The van der Waals surface area contributed by atoms with Crippen LogP contribution in [0.5, 0.6) is 5.75 Å². The monoisotopic (exact) mass is 592 g/mol. The third-order valence-electron chi connectivity index (χ3n) is 5.01. The zero-order chi connectivity index (χ0) is 26.0. The molecular formula is C26H32BBrNO5S2. The van der Waals surface area contributed by atoms with Gasteiger partial charge in [-0.2, -0.15) is 20.2 Å². The van der Waals surface area contributed by atoms with Crippen LogP contribution >= 0.6 is 27.7 Å². The molecule has 0 aliphatic heterocycles. The van der Waals surface area contributed by atoms with Crippen molar-refractivity contribution in [3.05, 3.63) is 93.5 Å². The Labute approximate surface area is 229 Å². The molecule has 2 N–H and O–H groups in total. The summed E-state index contributed by atoms with van der Waals surface area (Å²) in [6.45, 7) is 2.95. The topological polar surface area (TPSA) is 87.1 Å². The molecule has 0 aliphatic rings. The van der Waals surface area contributed by atoms with Crippen molar-refractivity contribution < 1.29 is 22.8 Å². The van der Waals surface area contributed by atoms with Crippen molar-refractivity contribution in [3.63, 3.8) is 0 Å². The lowest BCUT2D eigenvalue weighted by Gasteiger charge is -2.21. The van der Waals surface area contributed by atoms with Gasteiger partial charge in [0.1, 0.15) is 16.7 Å². The molecular weight excluding hydrogens is 561 g/mol. The lowest BCUT2D eigenvalue weighted by molar-refractivity contribution is 0.206. The molecule has 0 amide bonds. The molecule has 3 rings (SSSR count). The smallest absolute Gasteiger partial charge is 0.339 e. The maximum Gasteiger partial charge on any atom is 0.339 e. The predicted molar refractivity (Wildman–Crippen MR) is 152 cm³/mol. The first-order valence-electron chi connectivity index (χ1n) is 10.9. The first kappa shape index (κ1) is 32.2. The fraction of sp³-hybridized carbons (Fsp3) is 0.308. The normalized spacial score (nSPS) is 11.8. The standard InChI is InChI=1S/C24H26BrNO5S.C2H6S.B/c1-17-6-9-22(10-7-17)32(29,30)31-21-5-3-4-18(15-21)24(28)23-11-8-20(25)14-19(23)16-26(2)12-13-27;1-3-2;/h3-11,14-15,24,27-28H,12-13,16H2,1-2H3;1-2H3;. The highest BCUT2D eigenvalue weighted by Gasteiger charge is 2.20. The van der Waals surface area contributed by atoms with Crippen molar-refractivity contribution in [2.45, 2.75) is 24.5 Å². The highest BCUT2D eigenvalue weighted by molar-refractivity contribution is 9.10. The van der Waals surface area contributed by atoms with Crippen molar-refractivity contribution in [3.8, 4) is 5.75 Å². The Morgan fingerprint density at radius 1 is 1.06 bits per heavy atom. The van der Waals surface area contributed by atoms with Gasteiger partial charge in [0.25, 0.3) is 0 Å². The van der Waals surface area contributed by atoms with E-state index in [1.807, 2.05) is 49.6 Å².